The topological polar surface area (TPSA) is 55.5 Å². The summed E-state index contributed by atoms with van der Waals surface area (Å²) in [6.07, 6.45) is 5.09. The maximum atomic E-state index is 14.4. The molecule has 0 amide bonds. The van der Waals surface area contributed by atoms with Crippen LogP contribution < -0.4 is 10.5 Å². The van der Waals surface area contributed by atoms with Crippen LogP contribution in [0.2, 0.25) is 0 Å². The molecule has 0 bridgehead atoms. The minimum Gasteiger partial charge on any atom is -0.504 e. The molecule has 0 heterocycles. The second-order valence-corrected chi connectivity index (χ2v) is 5.87. The van der Waals surface area contributed by atoms with E-state index < -0.39 is 0 Å². The fourth-order valence-corrected chi connectivity index (χ4v) is 3.64. The van der Waals surface area contributed by atoms with Crippen molar-refractivity contribution in [3.63, 3.8) is 0 Å². The number of nitrogens with two attached hydrogens (primary N) is 1. The first-order valence-electron chi connectivity index (χ1n) is 7.24. The number of rotatable bonds is 3. The van der Waals surface area contributed by atoms with Crippen LogP contribution in [-0.2, 0) is 5.41 Å². The molecule has 3 nitrogen and oxygen atoms in total. The van der Waals surface area contributed by atoms with Gasteiger partial charge in [-0.05, 0) is 32.3 Å². The number of benzene rings is 1. The first-order valence-corrected chi connectivity index (χ1v) is 7.24. The predicted molar refractivity (Wildman–Crippen MR) is 77.9 cm³/mol. The molecule has 0 aromatic heterocycles. The van der Waals surface area contributed by atoms with Gasteiger partial charge in [0.05, 0.1) is 7.11 Å². The number of halogens is 1. The van der Waals surface area contributed by atoms with Crippen molar-refractivity contribution < 1.29 is 14.2 Å². The number of ether oxygens (including phenoxy) is 1. The fraction of sp³-hybridized carbons (Fsp3) is 0.625. The lowest BCUT2D eigenvalue weighted by molar-refractivity contribution is 0.281. The number of hydrogen-bond acceptors (Lipinski definition) is 3. The monoisotopic (exact) mass is 281 g/mol. The van der Waals surface area contributed by atoms with Crippen molar-refractivity contribution in [3.8, 4) is 11.5 Å². The molecular weight excluding hydrogens is 257 g/mol. The van der Waals surface area contributed by atoms with E-state index in [9.17, 15) is 9.50 Å². The summed E-state index contributed by atoms with van der Waals surface area (Å²) in [4.78, 5) is 0. The van der Waals surface area contributed by atoms with Gasteiger partial charge in [0.2, 0.25) is 0 Å². The third kappa shape index (κ3) is 2.16. The van der Waals surface area contributed by atoms with Gasteiger partial charge < -0.3 is 15.6 Å². The SMILES string of the molecule is COc1c(C)c(F)c(C)c(C2(CN)CCCCC2)c1O. The Morgan fingerprint density at radius 2 is 1.80 bits per heavy atom. The first kappa shape index (κ1) is 15.1. The molecule has 0 radical (unpaired) electrons. The molecule has 0 unspecified atom stereocenters. The van der Waals surface area contributed by atoms with Crippen molar-refractivity contribution >= 4 is 0 Å². The fourth-order valence-electron chi connectivity index (χ4n) is 3.64. The molecule has 1 aromatic rings. The van der Waals surface area contributed by atoms with E-state index in [1.807, 2.05) is 0 Å². The van der Waals surface area contributed by atoms with Crippen molar-refractivity contribution in [2.24, 2.45) is 5.73 Å². The van der Waals surface area contributed by atoms with Gasteiger partial charge >= 0.3 is 0 Å². The minimum atomic E-state index is -0.325. The molecule has 3 N–H and O–H groups in total. The number of phenolic OH excluding ortho intramolecular Hbond substituents is 1. The average Bonchev–Trinajstić information content (AvgIpc) is 2.46. The van der Waals surface area contributed by atoms with Gasteiger partial charge in [-0.3, -0.25) is 0 Å². The quantitative estimate of drug-likeness (QED) is 0.893. The van der Waals surface area contributed by atoms with E-state index in [0.717, 1.165) is 25.7 Å². The summed E-state index contributed by atoms with van der Waals surface area (Å²) >= 11 is 0. The number of aromatic hydroxyl groups is 1. The molecular formula is C16H24FNO2. The molecule has 0 spiro atoms. The van der Waals surface area contributed by atoms with Crippen molar-refractivity contribution in [2.75, 3.05) is 13.7 Å². The van der Waals surface area contributed by atoms with Crippen LogP contribution in [0.5, 0.6) is 11.5 Å². The Labute approximate surface area is 119 Å². The second kappa shape index (κ2) is 5.60. The highest BCUT2D eigenvalue weighted by molar-refractivity contribution is 5.58. The van der Waals surface area contributed by atoms with Crippen LogP contribution in [0.3, 0.4) is 0 Å². The van der Waals surface area contributed by atoms with Gasteiger partial charge in [-0.1, -0.05) is 19.3 Å². The van der Waals surface area contributed by atoms with Crippen LogP contribution in [-0.4, -0.2) is 18.8 Å². The van der Waals surface area contributed by atoms with E-state index in [1.54, 1.807) is 13.8 Å². The zero-order valence-electron chi connectivity index (χ0n) is 12.6. The number of phenols is 1. The molecule has 2 rings (SSSR count). The summed E-state index contributed by atoms with van der Waals surface area (Å²) in [6.45, 7) is 3.77. The number of hydrogen-bond donors (Lipinski definition) is 2. The molecule has 112 valence electrons. The number of methoxy groups -OCH3 is 1. The van der Waals surface area contributed by atoms with Gasteiger partial charge in [-0.25, -0.2) is 4.39 Å². The molecule has 1 aliphatic rings. The van der Waals surface area contributed by atoms with E-state index >= 15 is 0 Å². The largest absolute Gasteiger partial charge is 0.504 e. The van der Waals surface area contributed by atoms with Crippen molar-refractivity contribution in [3.05, 3.63) is 22.5 Å². The van der Waals surface area contributed by atoms with Gasteiger partial charge in [-0.15, -0.1) is 0 Å². The second-order valence-electron chi connectivity index (χ2n) is 5.87. The molecule has 1 fully saturated rings. The third-order valence-electron chi connectivity index (χ3n) is 4.76. The summed E-state index contributed by atoms with van der Waals surface area (Å²) < 4.78 is 19.6. The molecule has 20 heavy (non-hydrogen) atoms. The van der Waals surface area contributed by atoms with Crippen LogP contribution in [0.15, 0.2) is 0 Å². The molecule has 0 saturated heterocycles. The standard InChI is InChI=1S/C16H24FNO2/c1-10-12(16(9-18)7-5-4-6-8-16)14(19)15(20-3)11(2)13(10)17/h19H,4-9,18H2,1-3H3. The molecule has 1 saturated carbocycles. The zero-order valence-corrected chi connectivity index (χ0v) is 12.6. The first-order chi connectivity index (χ1) is 9.48. The van der Waals surface area contributed by atoms with Crippen molar-refractivity contribution in [2.45, 2.75) is 51.4 Å². The van der Waals surface area contributed by atoms with Crippen molar-refractivity contribution in [1.82, 2.24) is 0 Å². The van der Waals surface area contributed by atoms with E-state index in [1.165, 1.54) is 13.5 Å². The Morgan fingerprint density at radius 3 is 2.30 bits per heavy atom. The lowest BCUT2D eigenvalue weighted by Crippen LogP contribution is -2.38. The molecule has 1 aromatic carbocycles. The normalized spacial score (nSPS) is 18.1. The minimum absolute atomic E-state index is 0.0660. The summed E-state index contributed by atoms with van der Waals surface area (Å²) in [5.74, 6) is 0.00537. The highest BCUT2D eigenvalue weighted by Crippen LogP contribution is 2.48. The van der Waals surface area contributed by atoms with Gasteiger partial charge in [0.15, 0.2) is 11.5 Å². The predicted octanol–water partition coefficient (Wildman–Crippen LogP) is 3.32. The maximum Gasteiger partial charge on any atom is 0.166 e. The van der Waals surface area contributed by atoms with Gasteiger partial charge in [-0.2, -0.15) is 0 Å². The molecule has 4 heteroatoms. The van der Waals surface area contributed by atoms with E-state index in [2.05, 4.69) is 0 Å². The molecule has 1 aliphatic carbocycles. The molecule has 0 atom stereocenters. The van der Waals surface area contributed by atoms with Crippen LogP contribution in [0.4, 0.5) is 4.39 Å². The summed E-state index contributed by atoms with van der Waals surface area (Å²) in [7, 11) is 1.45. The highest BCUT2D eigenvalue weighted by Gasteiger charge is 2.38. The Kier molecular flexibility index (Phi) is 4.23. The summed E-state index contributed by atoms with van der Waals surface area (Å²) in [5.41, 5.74) is 7.20. The smallest absolute Gasteiger partial charge is 0.166 e. The van der Waals surface area contributed by atoms with Gasteiger partial charge in [0.1, 0.15) is 5.82 Å². The van der Waals surface area contributed by atoms with Crippen LogP contribution in [0.25, 0.3) is 0 Å². The average molecular weight is 281 g/mol. The Morgan fingerprint density at radius 1 is 1.20 bits per heavy atom. The van der Waals surface area contributed by atoms with Crippen LogP contribution >= 0.6 is 0 Å². The van der Waals surface area contributed by atoms with Gasteiger partial charge in [0, 0.05) is 23.1 Å². The van der Waals surface area contributed by atoms with Crippen molar-refractivity contribution in [1.29, 1.82) is 0 Å². The van der Waals surface area contributed by atoms with E-state index in [0.29, 0.717) is 23.2 Å². The summed E-state index contributed by atoms with van der Waals surface area (Å²) in [5, 5.41) is 10.6. The third-order valence-corrected chi connectivity index (χ3v) is 4.76. The molecule has 0 aliphatic heterocycles. The van der Waals surface area contributed by atoms with Gasteiger partial charge in [0.25, 0.3) is 0 Å². The summed E-state index contributed by atoms with van der Waals surface area (Å²) in [6, 6.07) is 0. The Balaban J connectivity index is 2.69. The Bertz CT molecular complexity index is 508. The lowest BCUT2D eigenvalue weighted by atomic mass is 9.67. The zero-order chi connectivity index (χ0) is 14.9. The van der Waals surface area contributed by atoms with Crippen LogP contribution in [0, 0.1) is 19.7 Å². The highest BCUT2D eigenvalue weighted by atomic mass is 19.1. The Hall–Kier alpha value is -1.29. The van der Waals surface area contributed by atoms with E-state index in [4.69, 9.17) is 10.5 Å². The van der Waals surface area contributed by atoms with Crippen LogP contribution in [0.1, 0.15) is 48.8 Å². The maximum absolute atomic E-state index is 14.4. The van der Waals surface area contributed by atoms with E-state index in [-0.39, 0.29) is 22.7 Å². The lowest BCUT2D eigenvalue weighted by Gasteiger charge is -2.38.